The lowest BCUT2D eigenvalue weighted by molar-refractivity contribution is 0.0705. The van der Waals surface area contributed by atoms with Crippen LogP contribution in [-0.4, -0.2) is 19.0 Å². The number of aryl methyl sites for hydroxylation is 1. The molecule has 94 valence electrons. The Kier molecular flexibility index (Phi) is 4.88. The maximum absolute atomic E-state index is 11.8. The van der Waals surface area contributed by atoms with E-state index in [4.69, 9.17) is 4.74 Å². The van der Waals surface area contributed by atoms with Crippen LogP contribution in [0.15, 0.2) is 24.3 Å². The normalized spacial score (nSPS) is 11.5. The summed E-state index contributed by atoms with van der Waals surface area (Å²) >= 11 is 0. The van der Waals surface area contributed by atoms with Gasteiger partial charge in [-0.05, 0) is 24.8 Å². The summed E-state index contributed by atoms with van der Waals surface area (Å²) in [6.45, 7) is 9.30. The summed E-state index contributed by atoms with van der Waals surface area (Å²) in [5.74, 6) is 0.0580. The van der Waals surface area contributed by atoms with Crippen LogP contribution in [0.2, 0.25) is 0 Å². The van der Waals surface area contributed by atoms with Gasteiger partial charge in [0.05, 0.1) is 0 Å². The maximum atomic E-state index is 11.8. The van der Waals surface area contributed by atoms with E-state index in [2.05, 4.69) is 20.8 Å². The highest BCUT2D eigenvalue weighted by Crippen LogP contribution is 2.17. The average Bonchev–Trinajstić information content (AvgIpc) is 2.23. The van der Waals surface area contributed by atoms with Gasteiger partial charge in [0, 0.05) is 12.2 Å². The molecular formula is C15H22O2. The van der Waals surface area contributed by atoms with Gasteiger partial charge < -0.3 is 4.74 Å². The van der Waals surface area contributed by atoms with Crippen LogP contribution in [0.1, 0.15) is 43.1 Å². The van der Waals surface area contributed by atoms with Gasteiger partial charge in [-0.3, -0.25) is 4.79 Å². The molecule has 0 aliphatic carbocycles. The van der Waals surface area contributed by atoms with Gasteiger partial charge in [0.1, 0.15) is 6.61 Å². The van der Waals surface area contributed by atoms with Crippen molar-refractivity contribution in [2.45, 2.75) is 34.1 Å². The van der Waals surface area contributed by atoms with Crippen molar-refractivity contribution in [3.8, 4) is 0 Å². The first kappa shape index (κ1) is 13.9. The highest BCUT2D eigenvalue weighted by molar-refractivity contribution is 5.97. The smallest absolute Gasteiger partial charge is 0.188 e. The quantitative estimate of drug-likeness (QED) is 0.574. The fourth-order valence-corrected chi connectivity index (χ4v) is 1.45. The summed E-state index contributed by atoms with van der Waals surface area (Å²) in [6.07, 6.45) is 0.966. The molecule has 0 fully saturated rings. The number of hydrogen-bond donors (Lipinski definition) is 0. The lowest BCUT2D eigenvalue weighted by Gasteiger charge is -2.17. The second-order valence-electron chi connectivity index (χ2n) is 5.66. The molecule has 0 radical (unpaired) electrons. The van der Waals surface area contributed by atoms with Crippen LogP contribution in [0.5, 0.6) is 0 Å². The van der Waals surface area contributed by atoms with Crippen molar-refractivity contribution in [2.24, 2.45) is 5.41 Å². The Morgan fingerprint density at radius 1 is 1.29 bits per heavy atom. The van der Waals surface area contributed by atoms with Gasteiger partial charge in [-0.2, -0.15) is 0 Å². The van der Waals surface area contributed by atoms with Crippen molar-refractivity contribution in [2.75, 3.05) is 13.2 Å². The third-order valence-corrected chi connectivity index (χ3v) is 2.57. The van der Waals surface area contributed by atoms with Crippen LogP contribution >= 0.6 is 0 Å². The summed E-state index contributed by atoms with van der Waals surface area (Å²) in [7, 11) is 0. The Balaban J connectivity index is 2.36. The standard InChI is InChI=1S/C15H22O2/c1-12-6-5-7-13(10-12)14(16)11-17-9-8-15(2,3)4/h5-7,10H,8-9,11H2,1-4H3. The average molecular weight is 234 g/mol. The minimum absolute atomic E-state index is 0.0580. The largest absolute Gasteiger partial charge is 0.373 e. The van der Waals surface area contributed by atoms with Gasteiger partial charge in [0.2, 0.25) is 0 Å². The molecule has 0 amide bonds. The number of benzene rings is 1. The van der Waals surface area contributed by atoms with E-state index in [1.165, 1.54) is 0 Å². The lowest BCUT2D eigenvalue weighted by atomic mass is 9.93. The molecule has 1 aromatic rings. The van der Waals surface area contributed by atoms with Gasteiger partial charge in [-0.25, -0.2) is 0 Å². The van der Waals surface area contributed by atoms with Crippen molar-refractivity contribution < 1.29 is 9.53 Å². The van der Waals surface area contributed by atoms with Crippen molar-refractivity contribution in [1.82, 2.24) is 0 Å². The summed E-state index contributed by atoms with van der Waals surface area (Å²) in [4.78, 5) is 11.8. The SMILES string of the molecule is Cc1cccc(C(=O)COCCC(C)(C)C)c1. The molecule has 0 atom stereocenters. The van der Waals surface area contributed by atoms with Crippen molar-refractivity contribution in [1.29, 1.82) is 0 Å². The van der Waals surface area contributed by atoms with E-state index in [9.17, 15) is 4.79 Å². The van der Waals surface area contributed by atoms with E-state index in [0.29, 0.717) is 6.61 Å². The number of rotatable bonds is 5. The van der Waals surface area contributed by atoms with E-state index in [1.807, 2.05) is 31.2 Å². The predicted molar refractivity (Wildman–Crippen MR) is 70.4 cm³/mol. The third kappa shape index (κ3) is 5.64. The number of ether oxygens (including phenoxy) is 1. The molecule has 0 heterocycles. The van der Waals surface area contributed by atoms with E-state index in [1.54, 1.807) is 0 Å². The first-order chi connectivity index (χ1) is 7.88. The highest BCUT2D eigenvalue weighted by atomic mass is 16.5. The monoisotopic (exact) mass is 234 g/mol. The summed E-state index contributed by atoms with van der Waals surface area (Å²) in [6, 6.07) is 7.62. The van der Waals surface area contributed by atoms with E-state index in [-0.39, 0.29) is 17.8 Å². The van der Waals surface area contributed by atoms with E-state index in [0.717, 1.165) is 17.5 Å². The number of hydrogen-bond acceptors (Lipinski definition) is 2. The fraction of sp³-hybridized carbons (Fsp3) is 0.533. The number of ketones is 1. The fourth-order valence-electron chi connectivity index (χ4n) is 1.45. The first-order valence-corrected chi connectivity index (χ1v) is 6.06. The molecule has 0 saturated carbocycles. The zero-order valence-electron chi connectivity index (χ0n) is 11.2. The predicted octanol–water partition coefficient (Wildman–Crippen LogP) is 3.63. The van der Waals surface area contributed by atoms with Crippen LogP contribution in [0.4, 0.5) is 0 Å². The van der Waals surface area contributed by atoms with Crippen LogP contribution in [0, 0.1) is 12.3 Å². The summed E-state index contributed by atoms with van der Waals surface area (Å²) in [5, 5.41) is 0. The van der Waals surface area contributed by atoms with Gasteiger partial charge >= 0.3 is 0 Å². The molecule has 2 heteroatoms. The van der Waals surface area contributed by atoms with Gasteiger partial charge in [0.25, 0.3) is 0 Å². The lowest BCUT2D eigenvalue weighted by Crippen LogP contribution is -2.14. The summed E-state index contributed by atoms with van der Waals surface area (Å²) < 4.78 is 5.42. The molecule has 0 aliphatic rings. The Morgan fingerprint density at radius 3 is 2.59 bits per heavy atom. The van der Waals surface area contributed by atoms with Crippen molar-refractivity contribution in [3.63, 3.8) is 0 Å². The van der Waals surface area contributed by atoms with Crippen molar-refractivity contribution in [3.05, 3.63) is 35.4 Å². The molecular weight excluding hydrogens is 212 g/mol. The second kappa shape index (κ2) is 5.97. The zero-order valence-corrected chi connectivity index (χ0v) is 11.2. The zero-order chi connectivity index (χ0) is 12.9. The number of Topliss-reactive ketones (excluding diaryl/α,β-unsaturated/α-hetero) is 1. The van der Waals surface area contributed by atoms with Crippen LogP contribution in [-0.2, 0) is 4.74 Å². The van der Waals surface area contributed by atoms with Crippen LogP contribution in [0.25, 0.3) is 0 Å². The molecule has 0 N–H and O–H groups in total. The maximum Gasteiger partial charge on any atom is 0.188 e. The van der Waals surface area contributed by atoms with E-state index < -0.39 is 0 Å². The molecule has 0 saturated heterocycles. The molecule has 0 bridgehead atoms. The Labute approximate surface area is 104 Å². The topological polar surface area (TPSA) is 26.3 Å². The first-order valence-electron chi connectivity index (χ1n) is 6.06. The molecule has 17 heavy (non-hydrogen) atoms. The number of carbonyl (C=O) groups is 1. The minimum Gasteiger partial charge on any atom is -0.373 e. The second-order valence-corrected chi connectivity index (χ2v) is 5.66. The molecule has 1 aromatic carbocycles. The van der Waals surface area contributed by atoms with Gasteiger partial charge in [-0.1, -0.05) is 44.5 Å². The molecule has 0 unspecified atom stereocenters. The molecule has 2 nitrogen and oxygen atoms in total. The molecule has 1 rings (SSSR count). The Bertz CT molecular complexity index is 375. The molecule has 0 aliphatic heterocycles. The molecule has 0 aromatic heterocycles. The van der Waals surface area contributed by atoms with Gasteiger partial charge in [0.15, 0.2) is 5.78 Å². The molecule has 0 spiro atoms. The summed E-state index contributed by atoms with van der Waals surface area (Å²) in [5.41, 5.74) is 2.10. The van der Waals surface area contributed by atoms with Gasteiger partial charge in [-0.15, -0.1) is 0 Å². The van der Waals surface area contributed by atoms with Crippen molar-refractivity contribution >= 4 is 5.78 Å². The third-order valence-electron chi connectivity index (χ3n) is 2.57. The minimum atomic E-state index is 0.0580. The van der Waals surface area contributed by atoms with E-state index >= 15 is 0 Å². The van der Waals surface area contributed by atoms with Crippen LogP contribution in [0.3, 0.4) is 0 Å². The highest BCUT2D eigenvalue weighted by Gasteiger charge is 2.11. The Hall–Kier alpha value is -1.15. The van der Waals surface area contributed by atoms with Crippen LogP contribution < -0.4 is 0 Å². The number of carbonyl (C=O) groups excluding carboxylic acids is 1. The Morgan fingerprint density at radius 2 is 2.00 bits per heavy atom.